The molecular formula is C17H16N2O3. The molecule has 0 saturated heterocycles. The lowest BCUT2D eigenvalue weighted by molar-refractivity contribution is -0.385. The Morgan fingerprint density at radius 1 is 1.14 bits per heavy atom. The van der Waals surface area contributed by atoms with Gasteiger partial charge < -0.3 is 5.32 Å². The monoisotopic (exact) mass is 296 g/mol. The number of carbonyl (C=O) groups is 1. The summed E-state index contributed by atoms with van der Waals surface area (Å²) in [5, 5.41) is 14.2. The number of para-hydroxylation sites is 1. The summed E-state index contributed by atoms with van der Waals surface area (Å²) in [7, 11) is 0. The normalized spacial score (nSPS) is 16.8. The Kier molecular flexibility index (Phi) is 3.41. The quantitative estimate of drug-likeness (QED) is 0.678. The predicted molar refractivity (Wildman–Crippen MR) is 84.1 cm³/mol. The zero-order valence-electron chi connectivity index (χ0n) is 12.4. The van der Waals surface area contributed by atoms with E-state index in [1.54, 1.807) is 18.2 Å². The van der Waals surface area contributed by atoms with Crippen molar-refractivity contribution < 1.29 is 9.72 Å². The zero-order valence-corrected chi connectivity index (χ0v) is 12.4. The van der Waals surface area contributed by atoms with Gasteiger partial charge in [0, 0.05) is 29.7 Å². The molecule has 2 aromatic carbocycles. The molecular weight excluding hydrogens is 280 g/mol. The van der Waals surface area contributed by atoms with E-state index in [0.29, 0.717) is 5.56 Å². The van der Waals surface area contributed by atoms with E-state index in [9.17, 15) is 14.9 Å². The first kappa shape index (κ1) is 14.3. The van der Waals surface area contributed by atoms with E-state index in [2.05, 4.69) is 5.32 Å². The minimum Gasteiger partial charge on any atom is -0.326 e. The number of rotatable bonds is 2. The van der Waals surface area contributed by atoms with Crippen molar-refractivity contribution in [1.29, 1.82) is 0 Å². The van der Waals surface area contributed by atoms with Gasteiger partial charge in [0.2, 0.25) is 5.91 Å². The molecule has 0 spiro atoms. The first-order valence-corrected chi connectivity index (χ1v) is 7.11. The second-order valence-corrected chi connectivity index (χ2v) is 5.64. The van der Waals surface area contributed by atoms with Crippen LogP contribution in [0.3, 0.4) is 0 Å². The number of aryl methyl sites for hydroxylation is 2. The third-order valence-electron chi connectivity index (χ3n) is 4.21. The van der Waals surface area contributed by atoms with Gasteiger partial charge in [-0.1, -0.05) is 24.3 Å². The minimum atomic E-state index is -0.386. The predicted octanol–water partition coefficient (Wildman–Crippen LogP) is 3.69. The number of hydrogen-bond donors (Lipinski definition) is 1. The summed E-state index contributed by atoms with van der Waals surface area (Å²) in [6.07, 6.45) is 0.223. The molecule has 0 aliphatic carbocycles. The number of benzene rings is 2. The average molecular weight is 296 g/mol. The molecule has 0 unspecified atom stereocenters. The standard InChI is InChI=1S/C17H16N2O3/c1-10-7-14-13(9-17(20)18-15(14)8-11(10)2)12-5-3-4-6-16(12)19(21)22/h3-8,13H,9H2,1-2H3,(H,18,20)/t13-/m0/s1. The maximum absolute atomic E-state index is 12.0. The van der Waals surface area contributed by atoms with Crippen LogP contribution < -0.4 is 5.32 Å². The molecule has 1 atom stereocenters. The van der Waals surface area contributed by atoms with Gasteiger partial charge in [-0.2, -0.15) is 0 Å². The van der Waals surface area contributed by atoms with Crippen molar-refractivity contribution in [2.45, 2.75) is 26.2 Å². The molecule has 1 N–H and O–H groups in total. The molecule has 0 fully saturated rings. The Morgan fingerprint density at radius 2 is 1.82 bits per heavy atom. The third kappa shape index (κ3) is 2.35. The van der Waals surface area contributed by atoms with Gasteiger partial charge in [0.25, 0.3) is 5.69 Å². The van der Waals surface area contributed by atoms with Gasteiger partial charge >= 0.3 is 0 Å². The molecule has 22 heavy (non-hydrogen) atoms. The number of nitro benzene ring substituents is 1. The lowest BCUT2D eigenvalue weighted by Crippen LogP contribution is -2.24. The number of nitrogens with one attached hydrogen (secondary N) is 1. The molecule has 1 amide bonds. The first-order valence-electron chi connectivity index (χ1n) is 7.11. The number of carbonyl (C=O) groups excluding carboxylic acids is 1. The van der Waals surface area contributed by atoms with E-state index in [4.69, 9.17) is 0 Å². The van der Waals surface area contributed by atoms with Crippen LogP contribution in [0.25, 0.3) is 0 Å². The van der Waals surface area contributed by atoms with Gasteiger partial charge in [-0.15, -0.1) is 0 Å². The average Bonchev–Trinajstić information content (AvgIpc) is 2.48. The molecule has 5 heteroatoms. The summed E-state index contributed by atoms with van der Waals surface area (Å²) in [6, 6.07) is 10.6. The van der Waals surface area contributed by atoms with Crippen molar-refractivity contribution in [1.82, 2.24) is 0 Å². The van der Waals surface area contributed by atoms with E-state index < -0.39 is 0 Å². The van der Waals surface area contributed by atoms with Gasteiger partial charge in [-0.05, 0) is 36.6 Å². The second-order valence-electron chi connectivity index (χ2n) is 5.64. The van der Waals surface area contributed by atoms with Crippen LogP contribution in [0.2, 0.25) is 0 Å². The maximum Gasteiger partial charge on any atom is 0.273 e. The fraction of sp³-hybridized carbons (Fsp3) is 0.235. The Hall–Kier alpha value is -2.69. The van der Waals surface area contributed by atoms with Gasteiger partial charge in [0.15, 0.2) is 0 Å². The van der Waals surface area contributed by atoms with Gasteiger partial charge in [0.05, 0.1) is 4.92 Å². The van der Waals surface area contributed by atoms with Crippen LogP contribution in [0.1, 0.15) is 34.6 Å². The molecule has 3 rings (SSSR count). The highest BCUT2D eigenvalue weighted by Gasteiger charge is 2.31. The number of fused-ring (bicyclic) bond motifs is 1. The highest BCUT2D eigenvalue weighted by atomic mass is 16.6. The molecule has 0 saturated carbocycles. The molecule has 5 nitrogen and oxygen atoms in total. The zero-order chi connectivity index (χ0) is 15.9. The molecule has 1 aliphatic heterocycles. The molecule has 0 bridgehead atoms. The Morgan fingerprint density at radius 3 is 2.55 bits per heavy atom. The summed E-state index contributed by atoms with van der Waals surface area (Å²) in [6.45, 7) is 3.98. The molecule has 0 radical (unpaired) electrons. The number of hydrogen-bond acceptors (Lipinski definition) is 3. The highest BCUT2D eigenvalue weighted by molar-refractivity contribution is 5.95. The topological polar surface area (TPSA) is 72.2 Å². The van der Waals surface area contributed by atoms with Crippen molar-refractivity contribution in [2.75, 3.05) is 5.32 Å². The van der Waals surface area contributed by atoms with Crippen molar-refractivity contribution >= 4 is 17.3 Å². The van der Waals surface area contributed by atoms with Crippen molar-refractivity contribution in [3.63, 3.8) is 0 Å². The van der Waals surface area contributed by atoms with Crippen LogP contribution in [0, 0.1) is 24.0 Å². The summed E-state index contributed by atoms with van der Waals surface area (Å²) >= 11 is 0. The number of nitrogens with zero attached hydrogens (tertiary/aromatic N) is 1. The van der Waals surface area contributed by atoms with E-state index >= 15 is 0 Å². The van der Waals surface area contributed by atoms with E-state index in [1.807, 2.05) is 26.0 Å². The minimum absolute atomic E-state index is 0.0615. The van der Waals surface area contributed by atoms with E-state index in [0.717, 1.165) is 22.4 Å². The Bertz CT molecular complexity index is 783. The summed E-state index contributed by atoms with van der Waals surface area (Å²) < 4.78 is 0. The van der Waals surface area contributed by atoms with Crippen LogP contribution in [-0.2, 0) is 4.79 Å². The highest BCUT2D eigenvalue weighted by Crippen LogP contribution is 2.41. The summed E-state index contributed by atoms with van der Waals surface area (Å²) in [5.74, 6) is -0.399. The van der Waals surface area contributed by atoms with Gasteiger partial charge in [0.1, 0.15) is 0 Å². The van der Waals surface area contributed by atoms with Crippen molar-refractivity contribution in [3.8, 4) is 0 Å². The van der Waals surface area contributed by atoms with Crippen LogP contribution >= 0.6 is 0 Å². The van der Waals surface area contributed by atoms with Crippen LogP contribution in [0.5, 0.6) is 0 Å². The van der Waals surface area contributed by atoms with Gasteiger partial charge in [-0.3, -0.25) is 14.9 Å². The Balaban J connectivity index is 2.20. The number of amides is 1. The fourth-order valence-corrected chi connectivity index (χ4v) is 2.96. The largest absolute Gasteiger partial charge is 0.326 e. The summed E-state index contributed by atoms with van der Waals surface area (Å²) in [5.41, 5.74) is 4.54. The SMILES string of the molecule is Cc1cc2c(cc1C)[C@H](c1ccccc1[N+](=O)[O-])CC(=O)N2. The summed E-state index contributed by atoms with van der Waals surface area (Å²) in [4.78, 5) is 22.9. The van der Waals surface area contributed by atoms with E-state index in [1.165, 1.54) is 6.07 Å². The molecule has 112 valence electrons. The molecule has 0 aromatic heterocycles. The van der Waals surface area contributed by atoms with Crippen molar-refractivity contribution in [3.05, 3.63) is 68.8 Å². The van der Waals surface area contributed by atoms with E-state index in [-0.39, 0.29) is 28.9 Å². The lowest BCUT2D eigenvalue weighted by Gasteiger charge is -2.27. The van der Waals surface area contributed by atoms with Crippen LogP contribution in [0.15, 0.2) is 36.4 Å². The first-order chi connectivity index (χ1) is 10.5. The smallest absolute Gasteiger partial charge is 0.273 e. The molecule has 2 aromatic rings. The number of nitro groups is 1. The number of anilines is 1. The lowest BCUT2D eigenvalue weighted by atomic mass is 9.82. The van der Waals surface area contributed by atoms with Crippen LogP contribution in [-0.4, -0.2) is 10.8 Å². The maximum atomic E-state index is 12.0. The van der Waals surface area contributed by atoms with Crippen LogP contribution in [0.4, 0.5) is 11.4 Å². The van der Waals surface area contributed by atoms with Crippen molar-refractivity contribution in [2.24, 2.45) is 0 Å². The second kappa shape index (κ2) is 5.26. The molecule has 1 heterocycles. The van der Waals surface area contributed by atoms with Gasteiger partial charge in [-0.25, -0.2) is 0 Å². The third-order valence-corrected chi connectivity index (χ3v) is 4.21. The molecule has 1 aliphatic rings. The fourth-order valence-electron chi connectivity index (χ4n) is 2.96. The Labute approximate surface area is 128 Å².